The standard InChI is InChI=1S/C15H20ClNO2S/c1-14(2,3)20(19)17-10-15(8-13(18)9-15)11-4-6-12(16)7-5-11/h4-7,10,13,18H,8-9H2,1-3H3/b17-10+. The number of rotatable bonds is 3. The lowest BCUT2D eigenvalue weighted by Crippen LogP contribution is -2.46. The van der Waals surface area contributed by atoms with E-state index in [1.54, 1.807) is 6.21 Å². The first-order valence-electron chi connectivity index (χ1n) is 6.64. The predicted molar refractivity (Wildman–Crippen MR) is 84.8 cm³/mol. The summed E-state index contributed by atoms with van der Waals surface area (Å²) in [5, 5.41) is 10.3. The molecular weight excluding hydrogens is 294 g/mol. The third kappa shape index (κ3) is 3.30. The van der Waals surface area contributed by atoms with E-state index in [4.69, 9.17) is 11.6 Å². The smallest absolute Gasteiger partial charge is 0.144 e. The summed E-state index contributed by atoms with van der Waals surface area (Å²) in [4.78, 5) is 0. The summed E-state index contributed by atoms with van der Waals surface area (Å²) in [5.74, 6) is 0. The zero-order valence-electron chi connectivity index (χ0n) is 12.0. The van der Waals surface area contributed by atoms with Crippen molar-refractivity contribution in [2.75, 3.05) is 0 Å². The topological polar surface area (TPSA) is 49.7 Å². The third-order valence-corrected chi connectivity index (χ3v) is 5.13. The van der Waals surface area contributed by atoms with Gasteiger partial charge in [-0.2, -0.15) is 4.40 Å². The Morgan fingerprint density at radius 3 is 2.35 bits per heavy atom. The molecule has 0 radical (unpaired) electrons. The van der Waals surface area contributed by atoms with E-state index in [2.05, 4.69) is 4.40 Å². The van der Waals surface area contributed by atoms with Crippen LogP contribution in [0.5, 0.6) is 0 Å². The highest BCUT2D eigenvalue weighted by Crippen LogP contribution is 2.43. The normalized spacial score (nSPS) is 28.4. The SMILES string of the molecule is CC(C)(C)S(=O)/N=C/C1(c2ccc(Cl)cc2)CC(O)C1. The molecule has 0 heterocycles. The van der Waals surface area contributed by atoms with E-state index >= 15 is 0 Å². The van der Waals surface area contributed by atoms with Gasteiger partial charge in [-0.1, -0.05) is 23.7 Å². The van der Waals surface area contributed by atoms with Gasteiger partial charge in [-0.25, -0.2) is 4.21 Å². The molecule has 1 aromatic rings. The molecule has 3 nitrogen and oxygen atoms in total. The molecule has 0 aromatic heterocycles. The zero-order valence-corrected chi connectivity index (χ0v) is 13.5. The van der Waals surface area contributed by atoms with Gasteiger partial charge in [0.25, 0.3) is 0 Å². The minimum Gasteiger partial charge on any atom is -0.393 e. The van der Waals surface area contributed by atoms with Gasteiger partial charge in [0.15, 0.2) is 0 Å². The Labute approximate surface area is 127 Å². The van der Waals surface area contributed by atoms with Crippen molar-refractivity contribution in [1.82, 2.24) is 0 Å². The number of hydrogen-bond donors (Lipinski definition) is 1. The summed E-state index contributed by atoms with van der Waals surface area (Å²) in [7, 11) is -1.28. The first kappa shape index (κ1) is 15.7. The summed E-state index contributed by atoms with van der Waals surface area (Å²) in [6, 6.07) is 7.55. The molecule has 1 atom stereocenters. The minimum atomic E-state index is -1.28. The lowest BCUT2D eigenvalue weighted by Gasteiger charge is -2.43. The second-order valence-corrected chi connectivity index (χ2v) is 8.69. The summed E-state index contributed by atoms with van der Waals surface area (Å²) < 4.78 is 15.9. The van der Waals surface area contributed by atoms with Crippen molar-refractivity contribution in [3.8, 4) is 0 Å². The summed E-state index contributed by atoms with van der Waals surface area (Å²) in [6.07, 6.45) is 2.66. The number of benzene rings is 1. The van der Waals surface area contributed by atoms with E-state index in [0.29, 0.717) is 17.9 Å². The van der Waals surface area contributed by atoms with Gasteiger partial charge in [0.2, 0.25) is 0 Å². The molecule has 1 unspecified atom stereocenters. The van der Waals surface area contributed by atoms with Crippen LogP contribution in [0, 0.1) is 0 Å². The van der Waals surface area contributed by atoms with Gasteiger partial charge >= 0.3 is 0 Å². The summed E-state index contributed by atoms with van der Waals surface area (Å²) >= 11 is 5.91. The number of hydrogen-bond acceptors (Lipinski definition) is 2. The Bertz CT molecular complexity index is 528. The Morgan fingerprint density at radius 2 is 1.90 bits per heavy atom. The second-order valence-electron chi connectivity index (χ2n) is 6.32. The van der Waals surface area contributed by atoms with Gasteiger partial charge in [-0.15, -0.1) is 0 Å². The maximum Gasteiger partial charge on any atom is 0.144 e. The molecule has 0 bridgehead atoms. The van der Waals surface area contributed by atoms with Gasteiger partial charge in [-0.3, -0.25) is 0 Å². The fourth-order valence-corrected chi connectivity index (χ4v) is 3.03. The molecule has 1 aromatic carbocycles. The lowest BCUT2D eigenvalue weighted by atomic mass is 9.63. The van der Waals surface area contributed by atoms with Crippen LogP contribution in [-0.2, 0) is 16.4 Å². The second kappa shape index (κ2) is 5.58. The molecule has 20 heavy (non-hydrogen) atoms. The van der Waals surface area contributed by atoms with Crippen molar-refractivity contribution >= 4 is 28.8 Å². The van der Waals surface area contributed by atoms with Crippen LogP contribution in [0.15, 0.2) is 28.7 Å². The maximum atomic E-state index is 12.0. The van der Waals surface area contributed by atoms with Gasteiger partial charge in [-0.05, 0) is 51.3 Å². The minimum absolute atomic E-state index is 0.315. The quantitative estimate of drug-likeness (QED) is 0.871. The van der Waals surface area contributed by atoms with Crippen LogP contribution in [0.3, 0.4) is 0 Å². The Balaban J connectivity index is 2.25. The predicted octanol–water partition coefficient (Wildman–Crippen LogP) is 3.27. The molecule has 0 aliphatic heterocycles. The molecule has 5 heteroatoms. The van der Waals surface area contributed by atoms with Crippen LogP contribution in [0.1, 0.15) is 39.2 Å². The average molecular weight is 314 g/mol. The van der Waals surface area contributed by atoms with E-state index in [-0.39, 0.29) is 16.3 Å². The van der Waals surface area contributed by atoms with Crippen molar-refractivity contribution in [2.45, 2.75) is 49.9 Å². The Kier molecular flexibility index (Phi) is 4.38. The van der Waals surface area contributed by atoms with Crippen LogP contribution in [-0.4, -0.2) is 26.4 Å². The van der Waals surface area contributed by atoms with Crippen LogP contribution in [0.4, 0.5) is 0 Å². The molecule has 1 aliphatic rings. The maximum absolute atomic E-state index is 12.0. The van der Waals surface area contributed by atoms with Crippen molar-refractivity contribution in [3.05, 3.63) is 34.9 Å². The van der Waals surface area contributed by atoms with Crippen molar-refractivity contribution < 1.29 is 9.32 Å². The largest absolute Gasteiger partial charge is 0.393 e. The van der Waals surface area contributed by atoms with Gasteiger partial charge in [0.05, 0.1) is 10.9 Å². The molecule has 110 valence electrons. The summed E-state index contributed by atoms with van der Waals surface area (Å²) in [5.41, 5.74) is 0.743. The number of halogens is 1. The van der Waals surface area contributed by atoms with Gasteiger partial charge < -0.3 is 5.11 Å². The first-order valence-corrected chi connectivity index (χ1v) is 8.13. The highest BCUT2D eigenvalue weighted by molar-refractivity contribution is 7.85. The molecular formula is C15H20ClNO2S. The molecule has 1 fully saturated rings. The van der Waals surface area contributed by atoms with Crippen LogP contribution < -0.4 is 0 Å². The summed E-state index contributed by atoms with van der Waals surface area (Å²) in [6.45, 7) is 5.68. The van der Waals surface area contributed by atoms with Crippen molar-refractivity contribution in [1.29, 1.82) is 0 Å². The fraction of sp³-hybridized carbons (Fsp3) is 0.533. The van der Waals surface area contributed by atoms with E-state index in [1.807, 2.05) is 45.0 Å². The van der Waals surface area contributed by atoms with E-state index in [1.165, 1.54) is 0 Å². The van der Waals surface area contributed by atoms with Crippen molar-refractivity contribution in [3.63, 3.8) is 0 Å². The van der Waals surface area contributed by atoms with E-state index < -0.39 is 11.0 Å². The number of aliphatic hydroxyl groups is 1. The van der Waals surface area contributed by atoms with Crippen LogP contribution >= 0.6 is 11.6 Å². The highest BCUT2D eigenvalue weighted by Gasteiger charge is 2.44. The van der Waals surface area contributed by atoms with Gasteiger partial charge in [0.1, 0.15) is 11.0 Å². The van der Waals surface area contributed by atoms with Crippen LogP contribution in [0.25, 0.3) is 0 Å². The molecule has 1 N–H and O–H groups in total. The van der Waals surface area contributed by atoms with Gasteiger partial charge in [0, 0.05) is 16.7 Å². The number of aliphatic hydroxyl groups excluding tert-OH is 1. The monoisotopic (exact) mass is 313 g/mol. The molecule has 0 amide bonds. The molecule has 1 saturated carbocycles. The lowest BCUT2D eigenvalue weighted by molar-refractivity contribution is 0.0523. The average Bonchev–Trinajstić information content (AvgIpc) is 2.32. The molecule has 0 spiro atoms. The number of nitrogens with zero attached hydrogens (tertiary/aromatic N) is 1. The first-order chi connectivity index (χ1) is 9.23. The molecule has 2 rings (SSSR count). The third-order valence-electron chi connectivity index (χ3n) is 3.54. The van der Waals surface area contributed by atoms with Crippen molar-refractivity contribution in [2.24, 2.45) is 4.40 Å². The fourth-order valence-electron chi connectivity index (χ4n) is 2.29. The Hall–Kier alpha value is -0.710. The Morgan fingerprint density at radius 1 is 1.35 bits per heavy atom. The highest BCUT2D eigenvalue weighted by atomic mass is 35.5. The zero-order chi connectivity index (χ0) is 15.0. The van der Waals surface area contributed by atoms with E-state index in [9.17, 15) is 9.32 Å². The van der Waals surface area contributed by atoms with Crippen LogP contribution in [0.2, 0.25) is 5.02 Å². The molecule has 1 aliphatic carbocycles. The molecule has 0 saturated heterocycles. The van der Waals surface area contributed by atoms with E-state index in [0.717, 1.165) is 5.56 Å².